The molecule has 4 heteroatoms. The van der Waals surface area contributed by atoms with Crippen molar-refractivity contribution in [2.45, 2.75) is 32.9 Å². The summed E-state index contributed by atoms with van der Waals surface area (Å²) in [6.07, 6.45) is 1.28. The molecule has 0 aliphatic carbocycles. The zero-order valence-electron chi connectivity index (χ0n) is 10.3. The number of benzene rings is 1. The zero-order chi connectivity index (χ0) is 12.3. The first-order valence-electron chi connectivity index (χ1n) is 5.97. The van der Waals surface area contributed by atoms with E-state index in [-0.39, 0.29) is 0 Å². The van der Waals surface area contributed by atoms with Gasteiger partial charge in [-0.1, -0.05) is 12.1 Å². The van der Waals surface area contributed by atoms with Gasteiger partial charge in [-0.25, -0.2) is 0 Å². The van der Waals surface area contributed by atoms with Crippen molar-refractivity contribution in [2.24, 2.45) is 0 Å². The van der Waals surface area contributed by atoms with Crippen molar-refractivity contribution in [1.82, 2.24) is 9.55 Å². The van der Waals surface area contributed by atoms with E-state index in [4.69, 9.17) is 17.0 Å². The molecule has 0 unspecified atom stereocenters. The Labute approximate surface area is 106 Å². The van der Waals surface area contributed by atoms with E-state index < -0.39 is 0 Å². The fourth-order valence-electron chi connectivity index (χ4n) is 1.87. The Hall–Kier alpha value is -1.13. The van der Waals surface area contributed by atoms with Crippen LogP contribution in [0.2, 0.25) is 0 Å². The van der Waals surface area contributed by atoms with E-state index >= 15 is 0 Å². The van der Waals surface area contributed by atoms with Gasteiger partial charge in [0.2, 0.25) is 0 Å². The molecule has 0 saturated carbocycles. The summed E-state index contributed by atoms with van der Waals surface area (Å²) >= 11 is 5.32. The number of imidazole rings is 1. The maximum absolute atomic E-state index is 5.53. The number of para-hydroxylation sites is 2. The molecule has 0 radical (unpaired) electrons. The van der Waals surface area contributed by atoms with E-state index in [0.29, 0.717) is 6.10 Å². The number of aromatic amines is 1. The van der Waals surface area contributed by atoms with Gasteiger partial charge in [-0.05, 0) is 44.6 Å². The smallest absolute Gasteiger partial charge is 0.178 e. The third kappa shape index (κ3) is 2.96. The van der Waals surface area contributed by atoms with Crippen LogP contribution in [0.5, 0.6) is 0 Å². The van der Waals surface area contributed by atoms with Gasteiger partial charge in [-0.2, -0.15) is 0 Å². The molecule has 0 aliphatic heterocycles. The molecule has 92 valence electrons. The summed E-state index contributed by atoms with van der Waals surface area (Å²) in [5, 5.41) is 0. The maximum atomic E-state index is 5.53. The number of hydrogen-bond donors (Lipinski definition) is 1. The highest BCUT2D eigenvalue weighted by Gasteiger charge is 2.03. The van der Waals surface area contributed by atoms with Gasteiger partial charge >= 0.3 is 0 Å². The van der Waals surface area contributed by atoms with Gasteiger partial charge in [-0.3, -0.25) is 0 Å². The summed E-state index contributed by atoms with van der Waals surface area (Å²) in [7, 11) is 0. The zero-order valence-corrected chi connectivity index (χ0v) is 11.1. The Bertz CT molecular complexity index is 542. The lowest BCUT2D eigenvalue weighted by Crippen LogP contribution is -2.07. The average molecular weight is 250 g/mol. The predicted octanol–water partition coefficient (Wildman–Crippen LogP) is 3.51. The van der Waals surface area contributed by atoms with E-state index in [0.717, 1.165) is 29.9 Å². The molecule has 17 heavy (non-hydrogen) atoms. The molecule has 1 N–H and O–H groups in total. The summed E-state index contributed by atoms with van der Waals surface area (Å²) in [4.78, 5) is 3.21. The summed E-state index contributed by atoms with van der Waals surface area (Å²) < 4.78 is 8.46. The van der Waals surface area contributed by atoms with E-state index in [2.05, 4.69) is 29.5 Å². The number of H-pyrrole nitrogens is 1. The van der Waals surface area contributed by atoms with Gasteiger partial charge in [0.1, 0.15) is 0 Å². The maximum Gasteiger partial charge on any atom is 0.178 e. The Morgan fingerprint density at radius 2 is 2.12 bits per heavy atom. The van der Waals surface area contributed by atoms with Gasteiger partial charge in [0.05, 0.1) is 17.1 Å². The van der Waals surface area contributed by atoms with Crippen molar-refractivity contribution in [2.75, 3.05) is 6.61 Å². The molecular weight excluding hydrogens is 232 g/mol. The first kappa shape index (κ1) is 12.3. The van der Waals surface area contributed by atoms with E-state index in [1.165, 1.54) is 5.52 Å². The normalized spacial score (nSPS) is 11.5. The van der Waals surface area contributed by atoms with Crippen LogP contribution in [0.3, 0.4) is 0 Å². The number of aryl methyl sites for hydroxylation is 1. The highest BCUT2D eigenvalue weighted by molar-refractivity contribution is 7.71. The van der Waals surface area contributed by atoms with Crippen LogP contribution in [0.4, 0.5) is 0 Å². The number of rotatable bonds is 5. The standard InChI is InChI=1S/C13H18N2OS/c1-10(2)16-9-5-8-15-12-7-4-3-6-11(12)14-13(15)17/h3-4,6-7,10H,5,8-9H2,1-2H3,(H,14,17). The molecule has 0 saturated heterocycles. The molecule has 0 fully saturated rings. The van der Waals surface area contributed by atoms with Crippen LogP contribution in [0.1, 0.15) is 20.3 Å². The minimum atomic E-state index is 0.297. The molecule has 1 heterocycles. The SMILES string of the molecule is CC(C)OCCCn1c(=S)[nH]c2ccccc21. The lowest BCUT2D eigenvalue weighted by molar-refractivity contribution is 0.0749. The van der Waals surface area contributed by atoms with Crippen molar-refractivity contribution in [1.29, 1.82) is 0 Å². The number of nitrogens with one attached hydrogen (secondary N) is 1. The largest absolute Gasteiger partial charge is 0.379 e. The van der Waals surface area contributed by atoms with Crippen LogP contribution < -0.4 is 0 Å². The third-order valence-electron chi connectivity index (χ3n) is 2.66. The lowest BCUT2D eigenvalue weighted by Gasteiger charge is -2.08. The minimum absolute atomic E-state index is 0.297. The van der Waals surface area contributed by atoms with Gasteiger partial charge in [-0.15, -0.1) is 0 Å². The van der Waals surface area contributed by atoms with E-state index in [1.807, 2.05) is 18.2 Å². The predicted molar refractivity (Wildman–Crippen MR) is 72.8 cm³/mol. The van der Waals surface area contributed by atoms with Crippen molar-refractivity contribution in [3.8, 4) is 0 Å². The second-order valence-corrected chi connectivity index (χ2v) is 4.76. The molecular formula is C13H18N2OS. The number of aromatic nitrogens is 2. The monoisotopic (exact) mass is 250 g/mol. The van der Waals surface area contributed by atoms with Gasteiger partial charge < -0.3 is 14.3 Å². The minimum Gasteiger partial charge on any atom is -0.379 e. The van der Waals surface area contributed by atoms with Crippen molar-refractivity contribution in [3.05, 3.63) is 29.0 Å². The molecule has 1 aromatic carbocycles. The molecule has 1 aromatic heterocycles. The third-order valence-corrected chi connectivity index (χ3v) is 2.98. The fourth-order valence-corrected chi connectivity index (χ4v) is 2.17. The quantitative estimate of drug-likeness (QED) is 0.650. The van der Waals surface area contributed by atoms with Gasteiger partial charge in [0, 0.05) is 13.2 Å². The first-order chi connectivity index (χ1) is 8.18. The highest BCUT2D eigenvalue weighted by Crippen LogP contribution is 2.13. The van der Waals surface area contributed by atoms with Crippen LogP contribution in [0, 0.1) is 4.77 Å². The molecule has 0 bridgehead atoms. The summed E-state index contributed by atoms with van der Waals surface area (Å²) in [6.45, 7) is 5.78. The Morgan fingerprint density at radius 1 is 1.35 bits per heavy atom. The van der Waals surface area contributed by atoms with Crippen LogP contribution >= 0.6 is 12.2 Å². The number of ether oxygens (including phenoxy) is 1. The van der Waals surface area contributed by atoms with Crippen molar-refractivity contribution < 1.29 is 4.74 Å². The molecule has 0 aliphatic rings. The van der Waals surface area contributed by atoms with Crippen LogP contribution in [-0.2, 0) is 11.3 Å². The Kier molecular flexibility index (Phi) is 3.97. The number of hydrogen-bond acceptors (Lipinski definition) is 2. The summed E-state index contributed by atoms with van der Waals surface area (Å²) in [6, 6.07) is 8.18. The summed E-state index contributed by atoms with van der Waals surface area (Å²) in [5.41, 5.74) is 2.27. The van der Waals surface area contributed by atoms with Gasteiger partial charge in [0.25, 0.3) is 0 Å². The molecule has 2 aromatic rings. The van der Waals surface area contributed by atoms with Crippen molar-refractivity contribution in [3.63, 3.8) is 0 Å². The second-order valence-electron chi connectivity index (χ2n) is 4.37. The molecule has 0 atom stereocenters. The first-order valence-corrected chi connectivity index (χ1v) is 6.38. The van der Waals surface area contributed by atoms with Crippen LogP contribution in [-0.4, -0.2) is 22.3 Å². The number of nitrogens with zero attached hydrogens (tertiary/aromatic N) is 1. The second kappa shape index (κ2) is 5.47. The number of fused-ring (bicyclic) bond motifs is 1. The molecule has 3 nitrogen and oxygen atoms in total. The van der Waals surface area contributed by atoms with Crippen LogP contribution in [0.25, 0.3) is 11.0 Å². The van der Waals surface area contributed by atoms with Crippen LogP contribution in [0.15, 0.2) is 24.3 Å². The van der Waals surface area contributed by atoms with Gasteiger partial charge in [0.15, 0.2) is 4.77 Å². The summed E-state index contributed by atoms with van der Waals surface area (Å²) in [5.74, 6) is 0. The van der Waals surface area contributed by atoms with E-state index in [9.17, 15) is 0 Å². The Balaban J connectivity index is 2.08. The highest BCUT2D eigenvalue weighted by atomic mass is 32.1. The molecule has 0 spiro atoms. The Morgan fingerprint density at radius 3 is 2.88 bits per heavy atom. The fraction of sp³-hybridized carbons (Fsp3) is 0.462. The molecule has 2 rings (SSSR count). The average Bonchev–Trinajstić information content (AvgIpc) is 2.60. The lowest BCUT2D eigenvalue weighted by atomic mass is 10.3. The molecule has 0 amide bonds. The van der Waals surface area contributed by atoms with Crippen molar-refractivity contribution >= 4 is 23.3 Å². The topological polar surface area (TPSA) is 29.9 Å². The van der Waals surface area contributed by atoms with E-state index in [1.54, 1.807) is 0 Å².